The molecular formula is C62H107O11P. The lowest BCUT2D eigenvalue weighted by Gasteiger charge is -2.21. The third-order valence-corrected chi connectivity index (χ3v) is 13.3. The molecule has 0 heterocycles. The highest BCUT2D eigenvalue weighted by Crippen LogP contribution is 2.43. The Morgan fingerprint density at radius 2 is 0.757 bits per heavy atom. The fourth-order valence-electron chi connectivity index (χ4n) is 7.87. The van der Waals surface area contributed by atoms with Crippen LogP contribution in [0.5, 0.6) is 0 Å². The largest absolute Gasteiger partial charge is 0.472 e. The molecule has 0 aliphatic rings. The zero-order chi connectivity index (χ0) is 54.1. The fraction of sp³-hybridized carbons (Fsp3) is 0.726. The average Bonchev–Trinajstić information content (AvgIpc) is 3.39. The van der Waals surface area contributed by atoms with Gasteiger partial charge in [-0.05, 0) is 77.0 Å². The van der Waals surface area contributed by atoms with E-state index in [0.717, 1.165) is 83.5 Å². The Kier molecular flexibility index (Phi) is 53.4. The van der Waals surface area contributed by atoms with Gasteiger partial charge in [0.1, 0.15) is 12.7 Å². The minimum atomic E-state index is -4.78. The molecule has 74 heavy (non-hydrogen) atoms. The highest BCUT2D eigenvalue weighted by Gasteiger charge is 2.28. The van der Waals surface area contributed by atoms with Crippen molar-refractivity contribution in [1.29, 1.82) is 0 Å². The maximum atomic E-state index is 12.9. The van der Waals surface area contributed by atoms with Crippen molar-refractivity contribution in [2.75, 3.05) is 26.4 Å². The summed E-state index contributed by atoms with van der Waals surface area (Å²) >= 11 is 0. The van der Waals surface area contributed by atoms with Crippen LogP contribution in [0, 0.1) is 0 Å². The van der Waals surface area contributed by atoms with E-state index in [4.69, 9.17) is 23.3 Å². The van der Waals surface area contributed by atoms with Crippen LogP contribution in [0.2, 0.25) is 0 Å². The summed E-state index contributed by atoms with van der Waals surface area (Å²) in [6, 6.07) is 0. The van der Waals surface area contributed by atoms with Crippen molar-refractivity contribution in [3.8, 4) is 0 Å². The number of esters is 3. The Bertz CT molecular complexity index is 1560. The van der Waals surface area contributed by atoms with E-state index in [1.54, 1.807) is 6.08 Å². The summed E-state index contributed by atoms with van der Waals surface area (Å²) in [5.41, 5.74) is 0. The second-order valence-corrected chi connectivity index (χ2v) is 20.9. The highest BCUT2D eigenvalue weighted by atomic mass is 31.2. The second-order valence-electron chi connectivity index (χ2n) is 19.4. The van der Waals surface area contributed by atoms with Crippen molar-refractivity contribution in [3.05, 3.63) is 85.1 Å². The van der Waals surface area contributed by atoms with Crippen molar-refractivity contribution in [1.82, 2.24) is 0 Å². The lowest BCUT2D eigenvalue weighted by molar-refractivity contribution is -0.161. The van der Waals surface area contributed by atoms with Gasteiger partial charge >= 0.3 is 25.7 Å². The fourth-order valence-corrected chi connectivity index (χ4v) is 8.66. The molecule has 0 aromatic carbocycles. The van der Waals surface area contributed by atoms with Gasteiger partial charge in [-0.3, -0.25) is 23.4 Å². The summed E-state index contributed by atoms with van der Waals surface area (Å²) in [4.78, 5) is 48.5. The predicted octanol–water partition coefficient (Wildman–Crippen LogP) is 17.5. The number of phosphoric ester groups is 1. The first-order valence-corrected chi connectivity index (χ1v) is 31.0. The summed E-state index contributed by atoms with van der Waals surface area (Å²) in [6.45, 7) is 4.41. The van der Waals surface area contributed by atoms with Gasteiger partial charge in [0.15, 0.2) is 6.10 Å². The molecule has 0 spiro atoms. The Labute approximate surface area is 451 Å². The lowest BCUT2D eigenvalue weighted by Crippen LogP contribution is -2.30. The molecule has 426 valence electrons. The minimum absolute atomic E-state index is 0.0571. The molecule has 3 unspecified atom stereocenters. The number of aliphatic hydroxyl groups is 1. The number of ether oxygens (including phenoxy) is 3. The van der Waals surface area contributed by atoms with Crippen molar-refractivity contribution < 1.29 is 52.2 Å². The van der Waals surface area contributed by atoms with E-state index in [0.29, 0.717) is 19.3 Å². The van der Waals surface area contributed by atoms with Crippen LogP contribution in [0.1, 0.15) is 252 Å². The first-order chi connectivity index (χ1) is 36.2. The van der Waals surface area contributed by atoms with Gasteiger partial charge in [-0.1, -0.05) is 241 Å². The molecule has 0 saturated heterocycles. The molecule has 0 aromatic rings. The van der Waals surface area contributed by atoms with Gasteiger partial charge in [-0.15, -0.1) is 0 Å². The topological polar surface area (TPSA) is 155 Å². The maximum Gasteiger partial charge on any atom is 0.472 e. The molecule has 11 nitrogen and oxygen atoms in total. The molecule has 0 aliphatic carbocycles. The minimum Gasteiger partial charge on any atom is -0.462 e. The van der Waals surface area contributed by atoms with Crippen LogP contribution in [0.15, 0.2) is 85.1 Å². The van der Waals surface area contributed by atoms with Crippen molar-refractivity contribution in [3.63, 3.8) is 0 Å². The second kappa shape index (κ2) is 55.9. The third kappa shape index (κ3) is 53.5. The highest BCUT2D eigenvalue weighted by molar-refractivity contribution is 7.47. The zero-order valence-corrected chi connectivity index (χ0v) is 47.9. The van der Waals surface area contributed by atoms with E-state index < -0.39 is 57.8 Å². The van der Waals surface area contributed by atoms with Gasteiger partial charge < -0.3 is 24.2 Å². The van der Waals surface area contributed by atoms with E-state index in [1.165, 1.54) is 109 Å². The molecule has 0 aliphatic heterocycles. The maximum absolute atomic E-state index is 12.9. The van der Waals surface area contributed by atoms with Crippen LogP contribution in [0.4, 0.5) is 0 Å². The predicted molar refractivity (Wildman–Crippen MR) is 307 cm³/mol. The van der Waals surface area contributed by atoms with Crippen LogP contribution in [0.25, 0.3) is 0 Å². The number of hydrogen-bond acceptors (Lipinski definition) is 10. The summed E-state index contributed by atoms with van der Waals surface area (Å²) in [5, 5.41) is 9.79. The lowest BCUT2D eigenvalue weighted by atomic mass is 10.0. The number of rotatable bonds is 54. The molecule has 0 aromatic heterocycles. The summed E-state index contributed by atoms with van der Waals surface area (Å²) < 4.78 is 39.4. The quantitative estimate of drug-likeness (QED) is 0.0197. The zero-order valence-electron chi connectivity index (χ0n) is 47.0. The number of hydrogen-bond donors (Lipinski definition) is 2. The van der Waals surface area contributed by atoms with Crippen molar-refractivity contribution in [2.24, 2.45) is 0 Å². The number of unbranched alkanes of at least 4 members (excludes halogenated alkanes) is 24. The number of phosphoric acid groups is 1. The number of carbonyl (C=O) groups is 3. The van der Waals surface area contributed by atoms with E-state index in [1.807, 2.05) is 18.2 Å². The Hall–Kier alpha value is -3.34. The van der Waals surface area contributed by atoms with Crippen molar-refractivity contribution >= 4 is 25.7 Å². The molecule has 0 bridgehead atoms. The summed E-state index contributed by atoms with van der Waals surface area (Å²) in [6.07, 6.45) is 64.2. The normalized spacial score (nSPS) is 14.0. The van der Waals surface area contributed by atoms with Gasteiger partial charge in [0, 0.05) is 12.8 Å². The molecule has 12 heteroatoms. The van der Waals surface area contributed by atoms with E-state index in [-0.39, 0.29) is 25.9 Å². The van der Waals surface area contributed by atoms with Crippen LogP contribution in [0.3, 0.4) is 0 Å². The number of aliphatic hydroxyl groups excluding tert-OH is 1. The smallest absolute Gasteiger partial charge is 0.462 e. The molecule has 0 rings (SSSR count). The Morgan fingerprint density at radius 3 is 1.22 bits per heavy atom. The van der Waals surface area contributed by atoms with Crippen LogP contribution in [-0.2, 0) is 42.2 Å². The third-order valence-electron chi connectivity index (χ3n) is 12.3. The summed E-state index contributed by atoms with van der Waals surface area (Å²) in [7, 11) is -4.78. The molecule has 0 fully saturated rings. The SMILES string of the molecule is CC/C=C\C/C=C\C/C=C\C/C=C\C/C=C\CC(=O)OC(CO)COP(=O)(O)OCC(COC(=O)CCCCCCCCCCCCCCCCC)OC(=O)CCCCCCCCC/C=C\C/C=C\CCCCC. The number of carbonyl (C=O) groups excluding carboxylic acids is 3. The first-order valence-electron chi connectivity index (χ1n) is 29.5. The van der Waals surface area contributed by atoms with Gasteiger partial charge in [0.25, 0.3) is 0 Å². The Morgan fingerprint density at radius 1 is 0.405 bits per heavy atom. The molecule has 2 N–H and O–H groups in total. The molecule has 0 amide bonds. The van der Waals surface area contributed by atoms with E-state index >= 15 is 0 Å². The standard InChI is InChI=1S/C62H107O11P/c1-4-7-10-13-16-19-22-25-28-29-32-35-38-41-44-47-50-53-62(66)73-59(55-69-60(64)51-48-45-42-39-36-33-30-26-23-20-17-14-11-8-5-2)57-71-74(67,68)70-56-58(54-63)72-61(65)52-49-46-43-40-37-34-31-27-24-21-18-15-12-9-6-3/h9,12,16,18-19,21,25,27-28,31,37,40,46,49,58-59,63H,4-8,10-11,13-15,17,20,22-24,26,29-30,32-36,38-39,41-45,47-48,50-57H2,1-3H3,(H,67,68)/b12-9-,19-16-,21-18-,28-25-,31-27-,40-37-,49-46-. The molecule has 0 saturated carbocycles. The van der Waals surface area contributed by atoms with Gasteiger partial charge in [0.2, 0.25) is 0 Å². The van der Waals surface area contributed by atoms with Gasteiger partial charge in [-0.2, -0.15) is 0 Å². The molecular weight excluding hydrogens is 952 g/mol. The Balaban J connectivity index is 4.81. The van der Waals surface area contributed by atoms with Crippen LogP contribution in [-0.4, -0.2) is 66.5 Å². The van der Waals surface area contributed by atoms with Crippen LogP contribution >= 0.6 is 7.82 Å². The number of allylic oxidation sites excluding steroid dienone is 13. The van der Waals surface area contributed by atoms with Crippen LogP contribution < -0.4 is 0 Å². The molecule has 0 radical (unpaired) electrons. The van der Waals surface area contributed by atoms with Gasteiger partial charge in [0.05, 0.1) is 26.2 Å². The monoisotopic (exact) mass is 1060 g/mol. The molecule has 3 atom stereocenters. The average molecular weight is 1060 g/mol. The van der Waals surface area contributed by atoms with E-state index in [2.05, 4.69) is 81.5 Å². The summed E-state index contributed by atoms with van der Waals surface area (Å²) in [5.74, 6) is -1.60. The van der Waals surface area contributed by atoms with Gasteiger partial charge in [-0.25, -0.2) is 4.57 Å². The van der Waals surface area contributed by atoms with E-state index in [9.17, 15) is 28.9 Å². The van der Waals surface area contributed by atoms with Crippen molar-refractivity contribution in [2.45, 2.75) is 264 Å². The first kappa shape index (κ1) is 70.7.